The molecule has 1 N–H and O–H groups in total. The molecule has 0 saturated carbocycles. The number of aryl methyl sites for hydroxylation is 1. The highest BCUT2D eigenvalue weighted by atomic mass is 79.9. The van der Waals surface area contributed by atoms with Gasteiger partial charge in [-0.25, -0.2) is 4.98 Å². The van der Waals surface area contributed by atoms with Crippen LogP contribution in [0.4, 0.5) is 5.82 Å². The molecule has 0 radical (unpaired) electrons. The molecule has 0 aromatic carbocycles. The number of hydrogen-bond acceptors (Lipinski definition) is 2. The monoisotopic (exact) mass is 290 g/mol. The van der Waals surface area contributed by atoms with E-state index in [0.29, 0.717) is 24.5 Å². The average molecular weight is 292 g/mol. The molecule has 0 spiro atoms. The van der Waals surface area contributed by atoms with Crippen molar-refractivity contribution in [3.63, 3.8) is 0 Å². The maximum atomic E-state index is 11.3. The Balaban J connectivity index is 2.57. The second-order valence-electron chi connectivity index (χ2n) is 3.16. The van der Waals surface area contributed by atoms with E-state index in [4.69, 9.17) is 11.6 Å². The summed E-state index contributed by atoms with van der Waals surface area (Å²) in [5, 5.41) is 2.72. The molecule has 0 atom stereocenters. The van der Waals surface area contributed by atoms with E-state index in [0.717, 1.165) is 10.0 Å². The van der Waals surface area contributed by atoms with Crippen molar-refractivity contribution in [2.24, 2.45) is 0 Å². The topological polar surface area (TPSA) is 42.0 Å². The summed E-state index contributed by atoms with van der Waals surface area (Å²) >= 11 is 8.84. The van der Waals surface area contributed by atoms with Crippen LogP contribution in [0.1, 0.15) is 18.4 Å². The molecule has 5 heteroatoms. The Morgan fingerprint density at radius 2 is 2.40 bits per heavy atom. The van der Waals surface area contributed by atoms with Crippen molar-refractivity contribution in [2.75, 3.05) is 11.2 Å². The van der Waals surface area contributed by atoms with Gasteiger partial charge >= 0.3 is 0 Å². The van der Waals surface area contributed by atoms with Crippen molar-refractivity contribution in [3.8, 4) is 0 Å². The van der Waals surface area contributed by atoms with Crippen LogP contribution in [0, 0.1) is 6.92 Å². The Morgan fingerprint density at radius 3 is 3.00 bits per heavy atom. The fraction of sp³-hybridized carbons (Fsp3) is 0.400. The molecule has 1 amide bonds. The van der Waals surface area contributed by atoms with Crippen LogP contribution in [0.5, 0.6) is 0 Å². The molecule has 15 heavy (non-hydrogen) atoms. The summed E-state index contributed by atoms with van der Waals surface area (Å²) in [6.07, 6.45) is 2.79. The van der Waals surface area contributed by atoms with Crippen molar-refractivity contribution in [2.45, 2.75) is 19.8 Å². The Bertz CT molecular complexity index is 357. The van der Waals surface area contributed by atoms with E-state index in [1.807, 2.05) is 13.0 Å². The standard InChI is InChI=1S/C10H12BrClN2O/c1-7-5-9(13-6-8(7)11)14-10(15)3-2-4-12/h5-6H,2-4H2,1H3,(H,13,14,15). The highest BCUT2D eigenvalue weighted by Gasteiger charge is 2.03. The fourth-order valence-corrected chi connectivity index (χ4v) is 1.39. The zero-order valence-corrected chi connectivity index (χ0v) is 10.7. The van der Waals surface area contributed by atoms with Crippen LogP contribution in [-0.2, 0) is 4.79 Å². The van der Waals surface area contributed by atoms with E-state index in [1.165, 1.54) is 0 Å². The number of aromatic nitrogens is 1. The molecule has 1 aromatic heterocycles. The number of carbonyl (C=O) groups is 1. The van der Waals surface area contributed by atoms with Gasteiger partial charge in [-0.3, -0.25) is 4.79 Å². The molecule has 0 aliphatic heterocycles. The first kappa shape index (κ1) is 12.5. The Hall–Kier alpha value is -0.610. The predicted octanol–water partition coefficient (Wildman–Crippen LogP) is 3.11. The largest absolute Gasteiger partial charge is 0.311 e. The van der Waals surface area contributed by atoms with E-state index >= 15 is 0 Å². The van der Waals surface area contributed by atoms with Gasteiger partial charge in [-0.15, -0.1) is 11.6 Å². The van der Waals surface area contributed by atoms with E-state index in [1.54, 1.807) is 6.20 Å². The fourth-order valence-electron chi connectivity index (χ4n) is 1.04. The zero-order valence-electron chi connectivity index (χ0n) is 8.39. The van der Waals surface area contributed by atoms with Crippen LogP contribution in [0.2, 0.25) is 0 Å². The average Bonchev–Trinajstić information content (AvgIpc) is 2.20. The summed E-state index contributed by atoms with van der Waals surface area (Å²) in [4.78, 5) is 15.4. The summed E-state index contributed by atoms with van der Waals surface area (Å²) in [5.41, 5.74) is 1.04. The molecule has 82 valence electrons. The van der Waals surface area contributed by atoms with E-state index < -0.39 is 0 Å². The quantitative estimate of drug-likeness (QED) is 0.866. The number of halogens is 2. The second kappa shape index (κ2) is 6.08. The number of amides is 1. The Kier molecular flexibility index (Phi) is 5.05. The van der Waals surface area contributed by atoms with Crippen LogP contribution >= 0.6 is 27.5 Å². The molecule has 0 saturated heterocycles. The van der Waals surface area contributed by atoms with Crippen LogP contribution in [-0.4, -0.2) is 16.8 Å². The Morgan fingerprint density at radius 1 is 1.67 bits per heavy atom. The third-order valence-corrected chi connectivity index (χ3v) is 2.95. The number of nitrogens with one attached hydrogen (secondary N) is 1. The summed E-state index contributed by atoms with van der Waals surface area (Å²) < 4.78 is 0.932. The highest BCUT2D eigenvalue weighted by Crippen LogP contribution is 2.17. The third-order valence-electron chi connectivity index (χ3n) is 1.85. The number of alkyl halides is 1. The maximum Gasteiger partial charge on any atom is 0.225 e. The molecule has 0 aliphatic carbocycles. The third kappa shape index (κ3) is 4.18. The maximum absolute atomic E-state index is 11.3. The van der Waals surface area contributed by atoms with Crippen molar-refractivity contribution >= 4 is 39.3 Å². The number of nitrogens with zero attached hydrogens (tertiary/aromatic N) is 1. The Labute approximate surface area is 102 Å². The lowest BCUT2D eigenvalue weighted by Crippen LogP contribution is -2.12. The summed E-state index contributed by atoms with van der Waals surface area (Å²) in [7, 11) is 0. The zero-order chi connectivity index (χ0) is 11.3. The van der Waals surface area contributed by atoms with Crippen LogP contribution in [0.3, 0.4) is 0 Å². The molecular formula is C10H12BrClN2O. The summed E-state index contributed by atoms with van der Waals surface area (Å²) in [6.45, 7) is 1.94. The molecule has 1 aromatic rings. The van der Waals surface area contributed by atoms with Gasteiger partial charge in [0, 0.05) is 23.0 Å². The van der Waals surface area contributed by atoms with Gasteiger partial charge in [-0.2, -0.15) is 0 Å². The lowest BCUT2D eigenvalue weighted by Gasteiger charge is -2.05. The molecule has 0 unspecified atom stereocenters. The van der Waals surface area contributed by atoms with Gasteiger partial charge in [0.25, 0.3) is 0 Å². The minimum Gasteiger partial charge on any atom is -0.311 e. The molecule has 3 nitrogen and oxygen atoms in total. The number of rotatable bonds is 4. The minimum atomic E-state index is -0.0510. The summed E-state index contributed by atoms with van der Waals surface area (Å²) in [6, 6.07) is 1.82. The number of carbonyl (C=O) groups excluding carboxylic acids is 1. The van der Waals surface area contributed by atoms with Crippen LogP contribution < -0.4 is 5.32 Å². The number of hydrogen-bond donors (Lipinski definition) is 1. The molecule has 1 rings (SSSR count). The second-order valence-corrected chi connectivity index (χ2v) is 4.39. The van der Waals surface area contributed by atoms with Crippen molar-refractivity contribution in [1.82, 2.24) is 4.98 Å². The lowest BCUT2D eigenvalue weighted by atomic mass is 10.3. The van der Waals surface area contributed by atoms with Crippen LogP contribution in [0.15, 0.2) is 16.7 Å². The van der Waals surface area contributed by atoms with Gasteiger partial charge in [0.05, 0.1) is 0 Å². The smallest absolute Gasteiger partial charge is 0.225 e. The first-order chi connectivity index (χ1) is 7.13. The van der Waals surface area contributed by atoms with Crippen molar-refractivity contribution < 1.29 is 4.79 Å². The lowest BCUT2D eigenvalue weighted by molar-refractivity contribution is -0.116. The molecule has 1 heterocycles. The molecular weight excluding hydrogens is 279 g/mol. The number of anilines is 1. The van der Waals surface area contributed by atoms with Crippen molar-refractivity contribution in [1.29, 1.82) is 0 Å². The van der Waals surface area contributed by atoms with Gasteiger partial charge in [0.15, 0.2) is 0 Å². The van der Waals surface area contributed by atoms with E-state index in [-0.39, 0.29) is 5.91 Å². The van der Waals surface area contributed by atoms with E-state index in [2.05, 4.69) is 26.2 Å². The molecule has 0 bridgehead atoms. The predicted molar refractivity (Wildman–Crippen MR) is 65.3 cm³/mol. The van der Waals surface area contributed by atoms with Crippen molar-refractivity contribution in [3.05, 3.63) is 22.3 Å². The number of pyridine rings is 1. The van der Waals surface area contributed by atoms with Gasteiger partial charge in [0.1, 0.15) is 5.82 Å². The minimum absolute atomic E-state index is 0.0510. The molecule has 0 fully saturated rings. The highest BCUT2D eigenvalue weighted by molar-refractivity contribution is 9.10. The summed E-state index contributed by atoms with van der Waals surface area (Å²) in [5.74, 6) is 1.03. The normalized spacial score (nSPS) is 10.1. The first-order valence-electron chi connectivity index (χ1n) is 4.61. The SMILES string of the molecule is Cc1cc(NC(=O)CCCCl)ncc1Br. The first-order valence-corrected chi connectivity index (χ1v) is 5.94. The van der Waals surface area contributed by atoms with Crippen LogP contribution in [0.25, 0.3) is 0 Å². The van der Waals surface area contributed by atoms with Gasteiger partial charge in [-0.1, -0.05) is 0 Å². The molecule has 0 aliphatic rings. The van der Waals surface area contributed by atoms with Gasteiger partial charge in [-0.05, 0) is 40.9 Å². The van der Waals surface area contributed by atoms with Gasteiger partial charge < -0.3 is 5.32 Å². The van der Waals surface area contributed by atoms with E-state index in [9.17, 15) is 4.79 Å². The van der Waals surface area contributed by atoms with Gasteiger partial charge in [0.2, 0.25) is 5.91 Å².